The van der Waals surface area contributed by atoms with Gasteiger partial charge in [-0.2, -0.15) is 0 Å². The Kier molecular flexibility index (Phi) is 3.10. The number of para-hydroxylation sites is 1. The summed E-state index contributed by atoms with van der Waals surface area (Å²) in [7, 11) is 0. The fourth-order valence-electron chi connectivity index (χ4n) is 1.61. The molecule has 0 amide bonds. The fourth-order valence-corrected chi connectivity index (χ4v) is 1.61. The van der Waals surface area contributed by atoms with Crippen LogP contribution in [0.4, 0.5) is 0 Å². The Morgan fingerprint density at radius 1 is 1.38 bits per heavy atom. The highest BCUT2D eigenvalue weighted by atomic mass is 16.5. The highest BCUT2D eigenvalue weighted by molar-refractivity contribution is 5.75. The maximum absolute atomic E-state index is 10.7. The molecule has 1 aromatic carbocycles. The van der Waals surface area contributed by atoms with Gasteiger partial charge < -0.3 is 14.9 Å². The minimum atomic E-state index is -1.52. The fraction of sp³-hybridized carbons (Fsp3) is 0.417. The molecule has 1 fully saturated rings. The van der Waals surface area contributed by atoms with Crippen LogP contribution < -0.4 is 4.74 Å². The predicted octanol–water partition coefficient (Wildman–Crippen LogP) is 1.74. The molecule has 1 aliphatic rings. The smallest absolute Gasteiger partial charge is 0.337 e. The number of carboxylic acid groups (broad SMARTS) is 1. The monoisotopic (exact) mass is 222 g/mol. The Labute approximate surface area is 93.5 Å². The highest BCUT2D eigenvalue weighted by Gasteiger charge is 2.24. The van der Waals surface area contributed by atoms with E-state index in [9.17, 15) is 9.90 Å². The highest BCUT2D eigenvalue weighted by Crippen LogP contribution is 2.30. The molecular formula is C12H14O4. The lowest BCUT2D eigenvalue weighted by atomic mass is 9.96. The molecular weight excluding hydrogens is 208 g/mol. The molecule has 0 saturated heterocycles. The Balaban J connectivity index is 2.18. The molecule has 0 radical (unpaired) electrons. The van der Waals surface area contributed by atoms with Gasteiger partial charge >= 0.3 is 5.97 Å². The van der Waals surface area contributed by atoms with Crippen molar-refractivity contribution in [2.75, 3.05) is 0 Å². The predicted molar refractivity (Wildman–Crippen MR) is 57.3 cm³/mol. The van der Waals surface area contributed by atoms with Crippen molar-refractivity contribution in [1.29, 1.82) is 0 Å². The van der Waals surface area contributed by atoms with Gasteiger partial charge in [-0.05, 0) is 25.3 Å². The molecule has 4 nitrogen and oxygen atoms in total. The van der Waals surface area contributed by atoms with Crippen molar-refractivity contribution in [3.05, 3.63) is 29.8 Å². The van der Waals surface area contributed by atoms with E-state index in [1.165, 1.54) is 0 Å². The molecule has 2 N–H and O–H groups in total. The van der Waals surface area contributed by atoms with E-state index in [0.717, 1.165) is 19.3 Å². The molecule has 1 atom stereocenters. The molecule has 1 aromatic rings. The van der Waals surface area contributed by atoms with E-state index in [4.69, 9.17) is 9.84 Å². The number of benzene rings is 1. The minimum absolute atomic E-state index is 0.169. The summed E-state index contributed by atoms with van der Waals surface area (Å²) in [6.07, 6.45) is 1.79. The average molecular weight is 222 g/mol. The van der Waals surface area contributed by atoms with Gasteiger partial charge in [0.05, 0.1) is 6.10 Å². The molecule has 0 heterocycles. The van der Waals surface area contributed by atoms with E-state index >= 15 is 0 Å². The van der Waals surface area contributed by atoms with Crippen LogP contribution >= 0.6 is 0 Å². The zero-order valence-corrected chi connectivity index (χ0v) is 8.80. The van der Waals surface area contributed by atoms with Gasteiger partial charge in [-0.1, -0.05) is 18.2 Å². The maximum atomic E-state index is 10.7. The summed E-state index contributed by atoms with van der Waals surface area (Å²) in [4.78, 5) is 10.7. The van der Waals surface area contributed by atoms with Crippen LogP contribution in [0.3, 0.4) is 0 Å². The lowest BCUT2D eigenvalue weighted by Gasteiger charge is -2.27. The first-order chi connectivity index (χ1) is 7.68. The van der Waals surface area contributed by atoms with Crippen molar-refractivity contribution < 1.29 is 19.7 Å². The van der Waals surface area contributed by atoms with E-state index in [2.05, 4.69) is 0 Å². The standard InChI is InChI=1S/C12H14O4/c13-11(12(14)15)9-6-1-2-7-10(9)16-8-4-3-5-8/h1-2,6-8,11,13H,3-5H2,(H,14,15). The third-order valence-corrected chi connectivity index (χ3v) is 2.79. The minimum Gasteiger partial charge on any atom is -0.490 e. The summed E-state index contributed by atoms with van der Waals surface area (Å²) < 4.78 is 5.63. The Morgan fingerprint density at radius 2 is 2.06 bits per heavy atom. The van der Waals surface area contributed by atoms with Crippen LogP contribution in [0.1, 0.15) is 30.9 Å². The van der Waals surface area contributed by atoms with Gasteiger partial charge in [0.2, 0.25) is 0 Å². The van der Waals surface area contributed by atoms with Crippen molar-refractivity contribution >= 4 is 5.97 Å². The number of carbonyl (C=O) groups is 1. The van der Waals surface area contributed by atoms with E-state index in [1.807, 2.05) is 0 Å². The lowest BCUT2D eigenvalue weighted by molar-refractivity contribution is -0.147. The van der Waals surface area contributed by atoms with Crippen LogP contribution in [0.15, 0.2) is 24.3 Å². The normalized spacial score (nSPS) is 17.6. The summed E-state index contributed by atoms with van der Waals surface area (Å²) in [5, 5.41) is 18.3. The first-order valence-electron chi connectivity index (χ1n) is 5.35. The van der Waals surface area contributed by atoms with Crippen molar-refractivity contribution in [2.45, 2.75) is 31.5 Å². The zero-order chi connectivity index (χ0) is 11.5. The zero-order valence-electron chi connectivity index (χ0n) is 8.80. The van der Waals surface area contributed by atoms with Crippen molar-refractivity contribution in [3.63, 3.8) is 0 Å². The Morgan fingerprint density at radius 3 is 2.62 bits per heavy atom. The molecule has 16 heavy (non-hydrogen) atoms. The summed E-state index contributed by atoms with van der Waals surface area (Å²) in [6.45, 7) is 0. The molecule has 86 valence electrons. The molecule has 2 rings (SSSR count). The molecule has 1 saturated carbocycles. The quantitative estimate of drug-likeness (QED) is 0.814. The largest absolute Gasteiger partial charge is 0.490 e. The Hall–Kier alpha value is -1.55. The van der Waals surface area contributed by atoms with Crippen molar-refractivity contribution in [2.24, 2.45) is 0 Å². The number of aliphatic hydroxyl groups excluding tert-OH is 1. The van der Waals surface area contributed by atoms with Gasteiger partial charge in [0.15, 0.2) is 6.10 Å². The van der Waals surface area contributed by atoms with Crippen molar-refractivity contribution in [1.82, 2.24) is 0 Å². The molecule has 1 unspecified atom stereocenters. The third kappa shape index (κ3) is 2.17. The SMILES string of the molecule is O=C(O)C(O)c1ccccc1OC1CCC1. The second-order valence-corrected chi connectivity index (χ2v) is 3.95. The summed E-state index contributed by atoms with van der Waals surface area (Å²) in [5.74, 6) is -0.785. The third-order valence-electron chi connectivity index (χ3n) is 2.79. The number of aliphatic hydroxyl groups is 1. The Bertz CT molecular complexity index is 384. The second kappa shape index (κ2) is 4.53. The summed E-state index contributed by atoms with van der Waals surface area (Å²) in [5.41, 5.74) is 0.321. The maximum Gasteiger partial charge on any atom is 0.337 e. The van der Waals surface area contributed by atoms with Crippen LogP contribution in [0.25, 0.3) is 0 Å². The first kappa shape index (κ1) is 11.0. The number of hydrogen-bond donors (Lipinski definition) is 2. The molecule has 0 spiro atoms. The van der Waals surface area contributed by atoms with Crippen molar-refractivity contribution in [3.8, 4) is 5.75 Å². The number of hydrogen-bond acceptors (Lipinski definition) is 3. The number of ether oxygens (including phenoxy) is 1. The van der Waals surface area contributed by atoms with E-state index in [1.54, 1.807) is 24.3 Å². The lowest BCUT2D eigenvalue weighted by Crippen LogP contribution is -2.25. The van der Waals surface area contributed by atoms with Crippen LogP contribution in [0.5, 0.6) is 5.75 Å². The van der Waals surface area contributed by atoms with Gasteiger partial charge in [-0.25, -0.2) is 4.79 Å². The van der Waals surface area contributed by atoms with Gasteiger partial charge in [0.1, 0.15) is 5.75 Å². The van der Waals surface area contributed by atoms with Gasteiger partial charge in [0.25, 0.3) is 0 Å². The summed E-state index contributed by atoms with van der Waals surface area (Å²) >= 11 is 0. The number of aliphatic carboxylic acids is 1. The van der Waals surface area contributed by atoms with E-state index in [0.29, 0.717) is 11.3 Å². The van der Waals surface area contributed by atoms with Crippen LogP contribution in [0, 0.1) is 0 Å². The van der Waals surface area contributed by atoms with Gasteiger partial charge in [-0.15, -0.1) is 0 Å². The number of carboxylic acids is 1. The average Bonchev–Trinajstić information content (AvgIpc) is 2.23. The molecule has 1 aliphatic carbocycles. The van der Waals surface area contributed by atoms with E-state index < -0.39 is 12.1 Å². The first-order valence-corrected chi connectivity index (χ1v) is 5.35. The van der Waals surface area contributed by atoms with Gasteiger partial charge in [-0.3, -0.25) is 0 Å². The number of rotatable bonds is 4. The topological polar surface area (TPSA) is 66.8 Å². The van der Waals surface area contributed by atoms with Crippen LogP contribution in [0.2, 0.25) is 0 Å². The van der Waals surface area contributed by atoms with Gasteiger partial charge in [0, 0.05) is 5.56 Å². The summed E-state index contributed by atoms with van der Waals surface area (Å²) in [6, 6.07) is 6.73. The molecule has 0 aromatic heterocycles. The van der Waals surface area contributed by atoms with Crippen LogP contribution in [-0.2, 0) is 4.79 Å². The molecule has 0 bridgehead atoms. The molecule has 4 heteroatoms. The molecule has 0 aliphatic heterocycles. The van der Waals surface area contributed by atoms with E-state index in [-0.39, 0.29) is 6.10 Å². The van der Waals surface area contributed by atoms with Crippen LogP contribution in [-0.4, -0.2) is 22.3 Å². The second-order valence-electron chi connectivity index (χ2n) is 3.95.